The summed E-state index contributed by atoms with van der Waals surface area (Å²) in [7, 11) is 4.30. The molecule has 1 unspecified atom stereocenters. The Kier molecular flexibility index (Phi) is 8.89. The molecular formula is C15H34N2. The number of hydrogen-bond donors (Lipinski definition) is 1. The fourth-order valence-corrected chi connectivity index (χ4v) is 2.47. The van der Waals surface area contributed by atoms with E-state index in [4.69, 9.17) is 0 Å². The van der Waals surface area contributed by atoms with Crippen LogP contribution < -0.4 is 5.32 Å². The van der Waals surface area contributed by atoms with Crippen LogP contribution in [0.25, 0.3) is 0 Å². The molecule has 104 valence electrons. The first-order valence-corrected chi connectivity index (χ1v) is 7.26. The molecule has 0 spiro atoms. The van der Waals surface area contributed by atoms with Crippen molar-refractivity contribution in [1.82, 2.24) is 10.2 Å². The lowest BCUT2D eigenvalue weighted by atomic mass is 9.92. The molecule has 0 aliphatic rings. The molecular weight excluding hydrogens is 208 g/mol. The van der Waals surface area contributed by atoms with Gasteiger partial charge in [-0.1, -0.05) is 47.0 Å². The Labute approximate surface area is 109 Å². The summed E-state index contributed by atoms with van der Waals surface area (Å²) in [6, 6.07) is 0. The maximum atomic E-state index is 3.66. The Bertz CT molecular complexity index is 176. The summed E-state index contributed by atoms with van der Waals surface area (Å²) in [5.74, 6) is 0.866. The average Bonchev–Trinajstić information content (AvgIpc) is 2.21. The molecule has 0 amide bonds. The lowest BCUT2D eigenvalue weighted by Gasteiger charge is -2.29. The molecule has 1 N–H and O–H groups in total. The summed E-state index contributed by atoms with van der Waals surface area (Å²) in [6.07, 6.45) is 5.39. The van der Waals surface area contributed by atoms with Gasteiger partial charge >= 0.3 is 0 Å². The Balaban J connectivity index is 3.78. The monoisotopic (exact) mass is 242 g/mol. The minimum Gasteiger partial charge on any atom is -0.316 e. The Morgan fingerprint density at radius 2 is 1.82 bits per heavy atom. The predicted molar refractivity (Wildman–Crippen MR) is 78.5 cm³/mol. The van der Waals surface area contributed by atoms with Crippen molar-refractivity contribution in [3.63, 3.8) is 0 Å². The van der Waals surface area contributed by atoms with Gasteiger partial charge in [0.05, 0.1) is 0 Å². The number of unbranched alkanes of at least 4 members (excludes halogenated alkanes) is 1. The van der Waals surface area contributed by atoms with Crippen LogP contribution in [0.4, 0.5) is 0 Å². The van der Waals surface area contributed by atoms with Gasteiger partial charge in [0.15, 0.2) is 0 Å². The molecule has 2 nitrogen and oxygen atoms in total. The summed E-state index contributed by atoms with van der Waals surface area (Å²) in [5.41, 5.74) is 0.368. The molecule has 0 rings (SSSR count). The lowest BCUT2D eigenvalue weighted by molar-refractivity contribution is 0.227. The van der Waals surface area contributed by atoms with Crippen molar-refractivity contribution in [3.8, 4) is 0 Å². The first-order valence-electron chi connectivity index (χ1n) is 7.26. The van der Waals surface area contributed by atoms with E-state index < -0.39 is 0 Å². The van der Waals surface area contributed by atoms with E-state index in [1.807, 2.05) is 0 Å². The third-order valence-corrected chi connectivity index (χ3v) is 3.32. The Morgan fingerprint density at radius 1 is 1.18 bits per heavy atom. The van der Waals surface area contributed by atoms with Crippen molar-refractivity contribution in [3.05, 3.63) is 0 Å². The molecule has 0 aliphatic heterocycles. The van der Waals surface area contributed by atoms with Gasteiger partial charge in [-0.2, -0.15) is 0 Å². The van der Waals surface area contributed by atoms with Crippen molar-refractivity contribution in [2.75, 3.05) is 33.7 Å². The van der Waals surface area contributed by atoms with E-state index in [-0.39, 0.29) is 0 Å². The quantitative estimate of drug-likeness (QED) is 0.632. The highest BCUT2D eigenvalue weighted by Crippen LogP contribution is 2.16. The zero-order valence-corrected chi connectivity index (χ0v) is 13.0. The van der Waals surface area contributed by atoms with E-state index in [1.165, 1.54) is 32.2 Å². The molecule has 1 atom stereocenters. The number of nitrogens with one attached hydrogen (secondary N) is 1. The van der Waals surface area contributed by atoms with Gasteiger partial charge in [-0.3, -0.25) is 0 Å². The summed E-state index contributed by atoms with van der Waals surface area (Å²) in [4.78, 5) is 2.27. The van der Waals surface area contributed by atoms with Crippen LogP contribution in [0.5, 0.6) is 0 Å². The second-order valence-corrected chi connectivity index (χ2v) is 6.45. The van der Waals surface area contributed by atoms with Crippen LogP contribution in [-0.2, 0) is 0 Å². The summed E-state index contributed by atoms with van der Waals surface area (Å²) >= 11 is 0. The molecule has 2 heteroatoms. The second kappa shape index (κ2) is 8.93. The molecule has 0 aromatic carbocycles. The standard InChI is InChI=1S/C15H34N2/c1-7-9-10-14(8-2)11-16-12-15(3,4)13-17(5)6/h14,16H,7-13H2,1-6H3. The molecule has 0 aromatic rings. The maximum Gasteiger partial charge on any atom is 0.00387 e. The zero-order chi connectivity index (χ0) is 13.3. The molecule has 0 aromatic heterocycles. The Hall–Kier alpha value is -0.0800. The van der Waals surface area contributed by atoms with E-state index in [1.54, 1.807) is 0 Å². The van der Waals surface area contributed by atoms with Crippen LogP contribution in [0.15, 0.2) is 0 Å². The third-order valence-electron chi connectivity index (χ3n) is 3.32. The highest BCUT2D eigenvalue weighted by Gasteiger charge is 2.18. The molecule has 0 saturated carbocycles. The maximum absolute atomic E-state index is 3.66. The van der Waals surface area contributed by atoms with Crippen LogP contribution in [0.2, 0.25) is 0 Å². The Morgan fingerprint density at radius 3 is 2.29 bits per heavy atom. The lowest BCUT2D eigenvalue weighted by Crippen LogP contribution is -2.39. The van der Waals surface area contributed by atoms with Gasteiger partial charge in [-0.25, -0.2) is 0 Å². The smallest absolute Gasteiger partial charge is 0.00387 e. The molecule has 0 heterocycles. The first kappa shape index (κ1) is 16.9. The number of rotatable bonds is 10. The fraction of sp³-hybridized carbons (Fsp3) is 1.00. The van der Waals surface area contributed by atoms with Gasteiger partial charge in [0, 0.05) is 13.1 Å². The average molecular weight is 242 g/mol. The predicted octanol–water partition coefficient (Wildman–Crippen LogP) is 3.38. The van der Waals surface area contributed by atoms with Crippen LogP contribution >= 0.6 is 0 Å². The van der Waals surface area contributed by atoms with Crippen LogP contribution in [-0.4, -0.2) is 38.6 Å². The normalized spacial score (nSPS) is 14.3. The number of nitrogens with zero attached hydrogens (tertiary/aromatic N) is 1. The second-order valence-electron chi connectivity index (χ2n) is 6.45. The minimum absolute atomic E-state index is 0.368. The highest BCUT2D eigenvalue weighted by molar-refractivity contribution is 4.75. The highest BCUT2D eigenvalue weighted by atomic mass is 15.1. The van der Waals surface area contributed by atoms with Gasteiger partial charge in [-0.05, 0) is 38.4 Å². The molecule has 0 bridgehead atoms. The summed E-state index contributed by atoms with van der Waals surface area (Å²) in [6.45, 7) is 12.7. The first-order chi connectivity index (χ1) is 7.91. The van der Waals surface area contributed by atoms with Crippen LogP contribution in [0.1, 0.15) is 53.4 Å². The fourth-order valence-electron chi connectivity index (χ4n) is 2.47. The van der Waals surface area contributed by atoms with E-state index >= 15 is 0 Å². The van der Waals surface area contributed by atoms with E-state index in [2.05, 4.69) is 52.0 Å². The van der Waals surface area contributed by atoms with Crippen LogP contribution in [0.3, 0.4) is 0 Å². The molecule has 0 radical (unpaired) electrons. The van der Waals surface area contributed by atoms with Gasteiger partial charge in [0.1, 0.15) is 0 Å². The molecule has 0 saturated heterocycles. The van der Waals surface area contributed by atoms with Gasteiger partial charge in [-0.15, -0.1) is 0 Å². The van der Waals surface area contributed by atoms with Crippen LogP contribution in [0, 0.1) is 11.3 Å². The number of hydrogen-bond acceptors (Lipinski definition) is 2. The topological polar surface area (TPSA) is 15.3 Å². The summed E-state index contributed by atoms with van der Waals surface area (Å²) < 4.78 is 0. The van der Waals surface area contributed by atoms with Crippen molar-refractivity contribution in [1.29, 1.82) is 0 Å². The van der Waals surface area contributed by atoms with Gasteiger partial charge in [0.25, 0.3) is 0 Å². The largest absolute Gasteiger partial charge is 0.316 e. The van der Waals surface area contributed by atoms with Crippen molar-refractivity contribution in [2.45, 2.75) is 53.4 Å². The summed E-state index contributed by atoms with van der Waals surface area (Å²) in [5, 5.41) is 3.66. The molecule has 0 fully saturated rings. The molecule has 0 aliphatic carbocycles. The zero-order valence-electron chi connectivity index (χ0n) is 13.0. The minimum atomic E-state index is 0.368. The van der Waals surface area contributed by atoms with Crippen molar-refractivity contribution >= 4 is 0 Å². The van der Waals surface area contributed by atoms with Crippen molar-refractivity contribution < 1.29 is 0 Å². The van der Waals surface area contributed by atoms with Gasteiger partial charge in [0.2, 0.25) is 0 Å². The third kappa shape index (κ3) is 9.61. The van der Waals surface area contributed by atoms with E-state index in [0.717, 1.165) is 19.0 Å². The van der Waals surface area contributed by atoms with Crippen molar-refractivity contribution in [2.24, 2.45) is 11.3 Å². The van der Waals surface area contributed by atoms with E-state index in [0.29, 0.717) is 5.41 Å². The van der Waals surface area contributed by atoms with Gasteiger partial charge < -0.3 is 10.2 Å². The SMILES string of the molecule is CCCCC(CC)CNCC(C)(C)CN(C)C. The van der Waals surface area contributed by atoms with E-state index in [9.17, 15) is 0 Å². The molecule has 17 heavy (non-hydrogen) atoms.